The first kappa shape index (κ1) is 19.9. The molecule has 0 heterocycles. The zero-order valence-corrected chi connectivity index (χ0v) is 16.5. The van der Waals surface area contributed by atoms with Gasteiger partial charge >= 0.3 is 0 Å². The summed E-state index contributed by atoms with van der Waals surface area (Å²) < 4.78 is 5.27. The van der Waals surface area contributed by atoms with Crippen molar-refractivity contribution in [2.24, 2.45) is 0 Å². The van der Waals surface area contributed by atoms with Crippen molar-refractivity contribution in [1.82, 2.24) is 0 Å². The monoisotopic (exact) mass is 372 g/mol. The molecule has 0 aliphatic carbocycles. The number of rotatable bonds is 10. The van der Waals surface area contributed by atoms with Crippen LogP contribution in [-0.4, -0.2) is 12.9 Å². The third-order valence-electron chi connectivity index (χ3n) is 5.17. The second-order valence-corrected chi connectivity index (χ2v) is 7.17. The van der Waals surface area contributed by atoms with E-state index in [2.05, 4.69) is 48.5 Å². The van der Waals surface area contributed by atoms with Crippen molar-refractivity contribution in [3.8, 4) is 5.75 Å². The lowest BCUT2D eigenvalue weighted by atomic mass is 9.86. The number of unbranched alkanes of at least 4 members (excludes halogenated alkanes) is 1. The molecule has 0 fully saturated rings. The van der Waals surface area contributed by atoms with Crippen molar-refractivity contribution in [3.05, 3.63) is 102 Å². The number of hydrogen-bond acceptors (Lipinski definition) is 2. The highest BCUT2D eigenvalue weighted by molar-refractivity contribution is 5.79. The summed E-state index contributed by atoms with van der Waals surface area (Å²) in [5, 5.41) is 0. The van der Waals surface area contributed by atoms with E-state index < -0.39 is 0 Å². The molecule has 3 aromatic carbocycles. The molecular formula is C26H28O2. The highest BCUT2D eigenvalue weighted by Crippen LogP contribution is 2.30. The zero-order valence-electron chi connectivity index (χ0n) is 16.5. The minimum Gasteiger partial charge on any atom is -0.497 e. The zero-order chi connectivity index (χ0) is 19.6. The summed E-state index contributed by atoms with van der Waals surface area (Å²) >= 11 is 0. The van der Waals surface area contributed by atoms with Gasteiger partial charge in [0.2, 0.25) is 0 Å². The lowest BCUT2D eigenvalue weighted by Gasteiger charge is -2.18. The predicted molar refractivity (Wildman–Crippen MR) is 115 cm³/mol. The van der Waals surface area contributed by atoms with Gasteiger partial charge in [-0.3, -0.25) is 4.79 Å². The van der Waals surface area contributed by atoms with Crippen LogP contribution in [0, 0.1) is 0 Å². The van der Waals surface area contributed by atoms with Crippen molar-refractivity contribution < 1.29 is 9.53 Å². The summed E-state index contributed by atoms with van der Waals surface area (Å²) in [7, 11) is 1.67. The molecule has 2 nitrogen and oxygen atoms in total. The Morgan fingerprint density at radius 2 is 1.39 bits per heavy atom. The minimum atomic E-state index is 0.0914. The largest absolute Gasteiger partial charge is 0.497 e. The molecule has 0 saturated heterocycles. The first-order valence-corrected chi connectivity index (χ1v) is 10.0. The first-order chi connectivity index (χ1) is 13.8. The van der Waals surface area contributed by atoms with Crippen molar-refractivity contribution in [1.29, 1.82) is 0 Å². The van der Waals surface area contributed by atoms with E-state index in [9.17, 15) is 4.79 Å². The molecule has 0 N–H and O–H groups in total. The second-order valence-electron chi connectivity index (χ2n) is 7.17. The maximum atomic E-state index is 12.7. The van der Waals surface area contributed by atoms with Crippen molar-refractivity contribution in [2.75, 3.05) is 7.11 Å². The van der Waals surface area contributed by atoms with Gasteiger partial charge in [0.15, 0.2) is 0 Å². The quantitative estimate of drug-likeness (QED) is 0.396. The Morgan fingerprint density at radius 3 is 2.04 bits per heavy atom. The lowest BCUT2D eigenvalue weighted by Crippen LogP contribution is -2.09. The van der Waals surface area contributed by atoms with Gasteiger partial charge in [0, 0.05) is 18.8 Å². The number of benzene rings is 3. The standard InChI is InChI=1S/C26H28O2/c1-28-25-18-16-23(17-19-25)26(22-13-6-3-7-14-22)20-24(27)15-9-8-12-21-10-4-2-5-11-21/h2-7,10-11,13-14,16-19,26H,8-9,12,15,20H2,1H3. The molecule has 0 aromatic heterocycles. The topological polar surface area (TPSA) is 26.3 Å². The summed E-state index contributed by atoms with van der Waals surface area (Å²) in [5.41, 5.74) is 3.69. The molecule has 2 heteroatoms. The molecule has 3 aromatic rings. The maximum absolute atomic E-state index is 12.7. The first-order valence-electron chi connectivity index (χ1n) is 10.0. The van der Waals surface area contributed by atoms with Gasteiger partial charge in [-0.25, -0.2) is 0 Å². The number of methoxy groups -OCH3 is 1. The summed E-state index contributed by atoms with van der Waals surface area (Å²) in [5.74, 6) is 1.26. The van der Waals surface area contributed by atoms with Gasteiger partial charge in [-0.2, -0.15) is 0 Å². The number of aryl methyl sites for hydroxylation is 1. The maximum Gasteiger partial charge on any atom is 0.133 e. The van der Waals surface area contributed by atoms with Crippen LogP contribution in [0.25, 0.3) is 0 Å². The van der Waals surface area contributed by atoms with E-state index in [0.29, 0.717) is 18.6 Å². The van der Waals surface area contributed by atoms with E-state index in [1.807, 2.05) is 36.4 Å². The normalized spacial score (nSPS) is 11.8. The highest BCUT2D eigenvalue weighted by Gasteiger charge is 2.18. The third-order valence-corrected chi connectivity index (χ3v) is 5.17. The van der Waals surface area contributed by atoms with Crippen LogP contribution in [0.3, 0.4) is 0 Å². The van der Waals surface area contributed by atoms with Crippen molar-refractivity contribution >= 4 is 5.78 Å². The molecule has 0 saturated carbocycles. The van der Waals surface area contributed by atoms with Crippen molar-refractivity contribution in [2.45, 2.75) is 38.0 Å². The van der Waals surface area contributed by atoms with Crippen LogP contribution in [0.15, 0.2) is 84.9 Å². The Balaban J connectivity index is 1.59. The van der Waals surface area contributed by atoms with E-state index in [1.54, 1.807) is 7.11 Å². The van der Waals surface area contributed by atoms with Gasteiger partial charge in [-0.15, -0.1) is 0 Å². The molecule has 0 spiro atoms. The number of carbonyl (C=O) groups excluding carboxylic acids is 1. The predicted octanol–water partition coefficient (Wildman–Crippen LogP) is 6.20. The van der Waals surface area contributed by atoms with Gasteiger partial charge in [-0.1, -0.05) is 72.8 Å². The Kier molecular flexibility index (Phi) is 7.43. The minimum absolute atomic E-state index is 0.0914. The molecule has 144 valence electrons. The smallest absolute Gasteiger partial charge is 0.133 e. The van der Waals surface area contributed by atoms with Crippen LogP contribution in [0.5, 0.6) is 5.75 Å². The van der Waals surface area contributed by atoms with E-state index in [1.165, 1.54) is 11.1 Å². The fraction of sp³-hybridized carbons (Fsp3) is 0.269. The summed E-state index contributed by atoms with van der Waals surface area (Å²) in [6, 6.07) is 28.9. The van der Waals surface area contributed by atoms with E-state index in [0.717, 1.165) is 30.6 Å². The van der Waals surface area contributed by atoms with E-state index in [4.69, 9.17) is 4.74 Å². The second kappa shape index (κ2) is 10.5. The molecule has 3 rings (SSSR count). The Morgan fingerprint density at radius 1 is 0.786 bits per heavy atom. The molecule has 28 heavy (non-hydrogen) atoms. The van der Waals surface area contributed by atoms with Crippen LogP contribution < -0.4 is 4.74 Å². The number of ketones is 1. The average Bonchev–Trinajstić information content (AvgIpc) is 2.76. The number of carbonyl (C=O) groups is 1. The van der Waals surface area contributed by atoms with Crippen molar-refractivity contribution in [3.63, 3.8) is 0 Å². The molecule has 1 unspecified atom stereocenters. The van der Waals surface area contributed by atoms with Gasteiger partial charge < -0.3 is 4.74 Å². The summed E-state index contributed by atoms with van der Waals surface area (Å²) in [6.45, 7) is 0. The molecular weight excluding hydrogens is 344 g/mol. The molecule has 0 radical (unpaired) electrons. The van der Waals surface area contributed by atoms with Gasteiger partial charge in [0.1, 0.15) is 11.5 Å². The van der Waals surface area contributed by atoms with E-state index >= 15 is 0 Å². The highest BCUT2D eigenvalue weighted by atomic mass is 16.5. The molecule has 0 aliphatic heterocycles. The van der Waals surface area contributed by atoms with Crippen LogP contribution in [0.2, 0.25) is 0 Å². The Bertz CT molecular complexity index is 839. The van der Waals surface area contributed by atoms with Gasteiger partial charge in [0.05, 0.1) is 7.11 Å². The van der Waals surface area contributed by atoms with Crippen LogP contribution in [0.1, 0.15) is 48.3 Å². The van der Waals surface area contributed by atoms with Crippen LogP contribution in [0.4, 0.5) is 0 Å². The number of Topliss-reactive ketones (excluding diaryl/α,β-unsaturated/α-hetero) is 1. The SMILES string of the molecule is COc1ccc(C(CC(=O)CCCCc2ccccc2)c2ccccc2)cc1. The van der Waals surface area contributed by atoms with Crippen LogP contribution in [-0.2, 0) is 11.2 Å². The van der Waals surface area contributed by atoms with Gasteiger partial charge in [0.25, 0.3) is 0 Å². The Hall–Kier alpha value is -2.87. The lowest BCUT2D eigenvalue weighted by molar-refractivity contribution is -0.119. The summed E-state index contributed by atoms with van der Waals surface area (Å²) in [6.07, 6.45) is 4.22. The van der Waals surface area contributed by atoms with Crippen LogP contribution >= 0.6 is 0 Å². The van der Waals surface area contributed by atoms with E-state index in [-0.39, 0.29) is 5.92 Å². The summed E-state index contributed by atoms with van der Waals surface area (Å²) in [4.78, 5) is 12.7. The fourth-order valence-electron chi connectivity index (χ4n) is 3.58. The fourth-order valence-corrected chi connectivity index (χ4v) is 3.58. The molecule has 0 aliphatic rings. The third kappa shape index (κ3) is 5.82. The number of ether oxygens (including phenoxy) is 1. The van der Waals surface area contributed by atoms with Gasteiger partial charge in [-0.05, 0) is 48.1 Å². The molecule has 0 amide bonds. The number of hydrogen-bond donors (Lipinski definition) is 0. The average molecular weight is 373 g/mol. The molecule has 0 bridgehead atoms. The molecule has 1 atom stereocenters. The Labute approximate surface area is 168 Å².